The molecule has 1 saturated heterocycles. The van der Waals surface area contributed by atoms with Crippen molar-refractivity contribution in [2.45, 2.75) is 77.2 Å². The second-order valence-electron chi connectivity index (χ2n) is 15.3. The molecule has 3 aromatic carbocycles. The summed E-state index contributed by atoms with van der Waals surface area (Å²) in [5, 5.41) is 10.4. The SMILES string of the molecule is CC(C)(C)OC(=O)N1C[C@H](CC#N)C[C@H](N(C(=O)OC(C)(C)C)c2ncnc3c2ccn3C(c2ccccc2)(c2ccccc2)c2ccccc2)C1. The summed E-state index contributed by atoms with van der Waals surface area (Å²) in [5.74, 6) is 0.151. The standard InChI is InChI=1S/C42H46N6O4/c1-40(2,3)51-38(49)46-27-30(22-24-43)26-34(28-46)48(39(50)52-41(4,5)6)37-35-23-25-47(36(35)44-29-45-37)42(31-16-10-7-11-17-31,32-18-12-8-13-19-32)33-20-14-9-15-21-33/h7-21,23,25,29-30,34H,22,26-28H2,1-6H3/t30-,34+/m1/s1. The highest BCUT2D eigenvalue weighted by atomic mass is 16.6. The molecule has 10 nitrogen and oxygen atoms in total. The van der Waals surface area contributed by atoms with Gasteiger partial charge in [0.2, 0.25) is 0 Å². The molecule has 1 aliphatic rings. The number of nitrogens with zero attached hydrogens (tertiary/aromatic N) is 6. The summed E-state index contributed by atoms with van der Waals surface area (Å²) < 4.78 is 13.9. The lowest BCUT2D eigenvalue weighted by molar-refractivity contribution is 0.0127. The molecule has 2 atom stereocenters. The topological polar surface area (TPSA) is 114 Å². The molecule has 1 fully saturated rings. The molecule has 52 heavy (non-hydrogen) atoms. The Kier molecular flexibility index (Phi) is 10.1. The summed E-state index contributed by atoms with van der Waals surface area (Å²) in [5.41, 5.74) is 1.27. The first-order valence-corrected chi connectivity index (χ1v) is 17.7. The third-order valence-corrected chi connectivity index (χ3v) is 9.13. The van der Waals surface area contributed by atoms with Crippen molar-refractivity contribution < 1.29 is 19.1 Å². The van der Waals surface area contributed by atoms with Gasteiger partial charge >= 0.3 is 12.2 Å². The number of ether oxygens (including phenoxy) is 2. The van der Waals surface area contributed by atoms with Crippen molar-refractivity contribution in [3.05, 3.63) is 126 Å². The van der Waals surface area contributed by atoms with E-state index in [-0.39, 0.29) is 18.9 Å². The maximum absolute atomic E-state index is 14.4. The van der Waals surface area contributed by atoms with Crippen LogP contribution >= 0.6 is 0 Å². The van der Waals surface area contributed by atoms with Crippen molar-refractivity contribution in [1.82, 2.24) is 19.4 Å². The Balaban J connectivity index is 1.57. The first kappa shape index (κ1) is 36.1. The lowest BCUT2D eigenvalue weighted by atomic mass is 9.76. The minimum atomic E-state index is -0.857. The fourth-order valence-corrected chi connectivity index (χ4v) is 7.19. The van der Waals surface area contributed by atoms with Crippen molar-refractivity contribution in [2.75, 3.05) is 18.0 Å². The molecule has 2 amide bonds. The third kappa shape index (κ3) is 7.35. The molecular weight excluding hydrogens is 652 g/mol. The monoisotopic (exact) mass is 698 g/mol. The summed E-state index contributed by atoms with van der Waals surface area (Å²) in [6, 6.07) is 34.5. The van der Waals surface area contributed by atoms with Crippen LogP contribution in [0.4, 0.5) is 15.4 Å². The van der Waals surface area contributed by atoms with Crippen molar-refractivity contribution in [3.63, 3.8) is 0 Å². The predicted octanol–water partition coefficient (Wildman–Crippen LogP) is 8.55. The van der Waals surface area contributed by atoms with Gasteiger partial charge in [-0.1, -0.05) is 91.0 Å². The number of anilines is 1. The number of piperidine rings is 1. The minimum absolute atomic E-state index is 0.171. The average molecular weight is 699 g/mol. The van der Waals surface area contributed by atoms with Crippen LogP contribution < -0.4 is 4.90 Å². The Hall–Kier alpha value is -5.69. The average Bonchev–Trinajstić information content (AvgIpc) is 3.54. The van der Waals surface area contributed by atoms with Crippen LogP contribution in [0.15, 0.2) is 110 Å². The zero-order chi connectivity index (χ0) is 37.1. The zero-order valence-electron chi connectivity index (χ0n) is 30.7. The largest absolute Gasteiger partial charge is 0.444 e. The molecule has 0 aliphatic carbocycles. The molecule has 2 aromatic heterocycles. The van der Waals surface area contributed by atoms with E-state index < -0.39 is 35.0 Å². The highest BCUT2D eigenvalue weighted by Gasteiger charge is 2.42. The number of carbonyl (C=O) groups is 2. The number of hydrogen-bond acceptors (Lipinski definition) is 7. The molecule has 0 spiro atoms. The van der Waals surface area contributed by atoms with E-state index in [1.54, 1.807) is 9.80 Å². The fraction of sp³-hybridized carbons (Fsp3) is 0.357. The molecular formula is C42H46N6O4. The molecule has 6 rings (SSSR count). The van der Waals surface area contributed by atoms with Crippen LogP contribution in [-0.2, 0) is 15.0 Å². The highest BCUT2D eigenvalue weighted by molar-refractivity contribution is 5.98. The molecule has 3 heterocycles. The number of carbonyl (C=O) groups excluding carboxylic acids is 2. The molecule has 10 heteroatoms. The predicted molar refractivity (Wildman–Crippen MR) is 201 cm³/mol. The van der Waals surface area contributed by atoms with Crippen LogP contribution in [0.1, 0.15) is 71.1 Å². The maximum atomic E-state index is 14.4. The quantitative estimate of drug-likeness (QED) is 0.157. The van der Waals surface area contributed by atoms with E-state index in [2.05, 4.69) is 47.0 Å². The van der Waals surface area contributed by atoms with Gasteiger partial charge in [0.15, 0.2) is 5.82 Å². The number of nitriles is 1. The molecule has 268 valence electrons. The van der Waals surface area contributed by atoms with E-state index in [4.69, 9.17) is 19.4 Å². The van der Waals surface area contributed by atoms with Crippen LogP contribution in [0.5, 0.6) is 0 Å². The Morgan fingerprint density at radius 3 is 1.83 bits per heavy atom. The van der Waals surface area contributed by atoms with Crippen LogP contribution in [0, 0.1) is 17.2 Å². The van der Waals surface area contributed by atoms with Gasteiger partial charge in [-0.05, 0) is 76.6 Å². The Bertz CT molecular complexity index is 1950. The van der Waals surface area contributed by atoms with Gasteiger partial charge in [-0.2, -0.15) is 5.26 Å². The molecule has 0 unspecified atom stereocenters. The molecule has 1 aliphatic heterocycles. The van der Waals surface area contributed by atoms with Gasteiger partial charge in [0.05, 0.1) is 17.5 Å². The van der Waals surface area contributed by atoms with E-state index in [1.807, 2.05) is 108 Å². The second kappa shape index (κ2) is 14.5. The first-order chi connectivity index (χ1) is 24.8. The summed E-state index contributed by atoms with van der Waals surface area (Å²) in [6.45, 7) is 11.4. The van der Waals surface area contributed by atoms with Crippen molar-refractivity contribution in [3.8, 4) is 6.07 Å². The van der Waals surface area contributed by atoms with Crippen LogP contribution in [-0.4, -0.2) is 62.0 Å². The molecule has 0 bridgehead atoms. The number of likely N-dealkylation sites (tertiary alicyclic amines) is 1. The van der Waals surface area contributed by atoms with E-state index in [9.17, 15) is 14.9 Å². The summed E-state index contributed by atoms with van der Waals surface area (Å²) in [6.07, 6.45) is 3.03. The summed E-state index contributed by atoms with van der Waals surface area (Å²) in [4.78, 5) is 40.6. The Morgan fingerprint density at radius 2 is 1.33 bits per heavy atom. The third-order valence-electron chi connectivity index (χ3n) is 9.13. The normalized spacial score (nSPS) is 16.6. The van der Waals surface area contributed by atoms with E-state index in [0.29, 0.717) is 29.8 Å². The van der Waals surface area contributed by atoms with Gasteiger partial charge in [-0.15, -0.1) is 0 Å². The maximum Gasteiger partial charge on any atom is 0.416 e. The molecule has 0 N–H and O–H groups in total. The lowest BCUT2D eigenvalue weighted by Gasteiger charge is -2.42. The fourth-order valence-electron chi connectivity index (χ4n) is 7.19. The van der Waals surface area contributed by atoms with Gasteiger partial charge in [0.25, 0.3) is 0 Å². The minimum Gasteiger partial charge on any atom is -0.444 e. The number of rotatable bonds is 7. The number of hydrogen-bond donors (Lipinski definition) is 0. The molecule has 0 radical (unpaired) electrons. The van der Waals surface area contributed by atoms with Gasteiger partial charge < -0.3 is 18.9 Å². The highest BCUT2D eigenvalue weighted by Crippen LogP contribution is 2.44. The zero-order valence-corrected chi connectivity index (χ0v) is 30.7. The molecule has 0 saturated carbocycles. The van der Waals surface area contributed by atoms with Crippen LogP contribution in [0.25, 0.3) is 11.0 Å². The number of aromatic nitrogens is 3. The first-order valence-electron chi connectivity index (χ1n) is 17.7. The molecule has 5 aromatic rings. The van der Waals surface area contributed by atoms with Gasteiger partial charge in [-0.25, -0.2) is 19.6 Å². The van der Waals surface area contributed by atoms with Crippen molar-refractivity contribution in [2.24, 2.45) is 5.92 Å². The second-order valence-corrected chi connectivity index (χ2v) is 15.3. The van der Waals surface area contributed by atoms with E-state index in [0.717, 1.165) is 16.7 Å². The smallest absolute Gasteiger partial charge is 0.416 e. The lowest BCUT2D eigenvalue weighted by Crippen LogP contribution is -2.56. The number of benzene rings is 3. The van der Waals surface area contributed by atoms with Crippen LogP contribution in [0.2, 0.25) is 0 Å². The van der Waals surface area contributed by atoms with Gasteiger partial charge in [0, 0.05) is 25.7 Å². The van der Waals surface area contributed by atoms with Crippen molar-refractivity contribution >= 4 is 29.0 Å². The van der Waals surface area contributed by atoms with Gasteiger partial charge in [-0.3, -0.25) is 4.90 Å². The van der Waals surface area contributed by atoms with E-state index >= 15 is 0 Å². The Morgan fingerprint density at radius 1 is 0.788 bits per heavy atom. The van der Waals surface area contributed by atoms with E-state index in [1.165, 1.54) is 6.33 Å². The number of fused-ring (bicyclic) bond motifs is 1. The van der Waals surface area contributed by atoms with Crippen LogP contribution in [0.3, 0.4) is 0 Å². The summed E-state index contributed by atoms with van der Waals surface area (Å²) in [7, 11) is 0. The Labute approximate surface area is 305 Å². The van der Waals surface area contributed by atoms with Gasteiger partial charge in [0.1, 0.15) is 28.7 Å². The number of amides is 2. The summed E-state index contributed by atoms with van der Waals surface area (Å²) >= 11 is 0. The van der Waals surface area contributed by atoms with Crippen molar-refractivity contribution in [1.29, 1.82) is 5.26 Å².